The summed E-state index contributed by atoms with van der Waals surface area (Å²) in [6.07, 6.45) is 3.63. The van der Waals surface area contributed by atoms with Gasteiger partial charge in [-0.3, -0.25) is 4.79 Å². The Balaban J connectivity index is 1.65. The van der Waals surface area contributed by atoms with Crippen molar-refractivity contribution in [2.75, 3.05) is 0 Å². The zero-order chi connectivity index (χ0) is 24.1. The molecule has 0 saturated heterocycles. The maximum Gasteiger partial charge on any atom is 0.251 e. The molecule has 3 heterocycles. The van der Waals surface area contributed by atoms with Crippen LogP contribution in [0.3, 0.4) is 0 Å². The molecule has 172 valence electrons. The first-order valence-corrected chi connectivity index (χ1v) is 11.5. The number of halogens is 1. The lowest BCUT2D eigenvalue weighted by molar-refractivity contribution is 0.560. The van der Waals surface area contributed by atoms with Gasteiger partial charge in [0.15, 0.2) is 0 Å². The van der Waals surface area contributed by atoms with Crippen LogP contribution in [0.1, 0.15) is 17.3 Å². The van der Waals surface area contributed by atoms with Gasteiger partial charge in [-0.1, -0.05) is 47.1 Å². The highest BCUT2D eigenvalue weighted by Crippen LogP contribution is 2.34. The van der Waals surface area contributed by atoms with Crippen LogP contribution >= 0.6 is 11.6 Å². The molecule has 0 fully saturated rings. The minimum atomic E-state index is -0.274. The molecule has 0 radical (unpaired) electrons. The number of rotatable bonds is 4. The lowest BCUT2D eigenvalue weighted by Crippen LogP contribution is -2.18. The third-order valence-corrected chi connectivity index (χ3v) is 6.71. The Labute approximate surface area is 205 Å². The summed E-state index contributed by atoms with van der Waals surface area (Å²) in [5, 5.41) is 10.5. The molecule has 0 aliphatic carbocycles. The number of hydrogen-bond acceptors (Lipinski definition) is 4. The monoisotopic (exact) mass is 480 g/mol. The van der Waals surface area contributed by atoms with Gasteiger partial charge in [-0.05, 0) is 53.1 Å². The first kappa shape index (κ1) is 21.3. The lowest BCUT2D eigenvalue weighted by Gasteiger charge is -2.20. The molecule has 0 saturated carbocycles. The molecule has 3 aromatic heterocycles. The van der Waals surface area contributed by atoms with Crippen LogP contribution in [0.5, 0.6) is 0 Å². The van der Waals surface area contributed by atoms with Gasteiger partial charge in [-0.2, -0.15) is 0 Å². The molecule has 0 spiro atoms. The van der Waals surface area contributed by atoms with E-state index in [1.54, 1.807) is 24.0 Å². The third kappa shape index (κ3) is 3.52. The highest BCUT2D eigenvalue weighted by Gasteiger charge is 2.24. The average Bonchev–Trinajstić information content (AvgIpc) is 3.48. The van der Waals surface area contributed by atoms with Gasteiger partial charge < -0.3 is 9.13 Å². The van der Waals surface area contributed by atoms with E-state index in [0.29, 0.717) is 5.02 Å². The molecular formula is C27H21ClN6O. The summed E-state index contributed by atoms with van der Waals surface area (Å²) in [5.41, 5.74) is 6.19. The van der Waals surface area contributed by atoms with E-state index >= 15 is 0 Å². The fraction of sp³-hybridized carbons (Fsp3) is 0.111. The minimum absolute atomic E-state index is 0.0781. The summed E-state index contributed by atoms with van der Waals surface area (Å²) in [5.74, 6) is 0. The number of nitrogens with zero attached hydrogens (tertiary/aromatic N) is 6. The first-order valence-electron chi connectivity index (χ1n) is 11.2. The van der Waals surface area contributed by atoms with Gasteiger partial charge >= 0.3 is 0 Å². The van der Waals surface area contributed by atoms with E-state index in [1.165, 1.54) is 0 Å². The molecule has 0 bridgehead atoms. The number of aryl methyl sites for hydroxylation is 2. The predicted molar refractivity (Wildman–Crippen MR) is 138 cm³/mol. The molecule has 6 aromatic rings. The van der Waals surface area contributed by atoms with E-state index in [1.807, 2.05) is 83.2 Å². The average molecular weight is 481 g/mol. The Hall–Kier alpha value is -4.23. The smallest absolute Gasteiger partial charge is 0.251 e. The van der Waals surface area contributed by atoms with Crippen molar-refractivity contribution in [1.82, 2.24) is 29.1 Å². The lowest BCUT2D eigenvalue weighted by atomic mass is 9.96. The Bertz CT molecular complexity index is 1780. The van der Waals surface area contributed by atoms with Gasteiger partial charge in [0.2, 0.25) is 0 Å². The van der Waals surface area contributed by atoms with Crippen LogP contribution in [0.15, 0.2) is 90.1 Å². The van der Waals surface area contributed by atoms with Crippen molar-refractivity contribution >= 4 is 33.5 Å². The molecule has 0 aliphatic heterocycles. The molecule has 1 atom stereocenters. The minimum Gasteiger partial charge on any atom is -0.336 e. The van der Waals surface area contributed by atoms with Crippen LogP contribution < -0.4 is 5.56 Å². The zero-order valence-corrected chi connectivity index (χ0v) is 19.9. The van der Waals surface area contributed by atoms with Crippen LogP contribution in [0.2, 0.25) is 5.02 Å². The molecule has 8 heteroatoms. The maximum atomic E-state index is 12.8. The largest absolute Gasteiger partial charge is 0.336 e. The highest BCUT2D eigenvalue weighted by atomic mass is 35.5. The Morgan fingerprint density at radius 3 is 2.57 bits per heavy atom. The predicted octanol–water partition coefficient (Wildman–Crippen LogP) is 4.97. The van der Waals surface area contributed by atoms with Gasteiger partial charge in [-0.15, -0.1) is 5.10 Å². The third-order valence-electron chi connectivity index (χ3n) is 6.48. The standard InChI is InChI=1S/C27H21ClN6O/c1-32-16-29-15-25(32)27(34-24-9-4-3-8-22(24)30-31-34)18-10-11-23-21(13-18)20(14-26(35)33(23)2)17-6-5-7-19(28)12-17/h3-16,27H,1-2H3. The highest BCUT2D eigenvalue weighted by molar-refractivity contribution is 6.30. The molecule has 0 N–H and O–H groups in total. The van der Waals surface area contributed by atoms with E-state index in [4.69, 9.17) is 11.6 Å². The summed E-state index contributed by atoms with van der Waals surface area (Å²) in [7, 11) is 3.76. The van der Waals surface area contributed by atoms with E-state index in [-0.39, 0.29) is 11.6 Å². The number of fused-ring (bicyclic) bond motifs is 2. The Morgan fingerprint density at radius 2 is 1.77 bits per heavy atom. The van der Waals surface area contributed by atoms with Gasteiger partial charge in [0.1, 0.15) is 11.6 Å². The van der Waals surface area contributed by atoms with Crippen LogP contribution in [0.4, 0.5) is 0 Å². The number of aromatic nitrogens is 6. The molecule has 1 unspecified atom stereocenters. The van der Waals surface area contributed by atoms with Crippen LogP contribution in [-0.4, -0.2) is 29.1 Å². The van der Waals surface area contributed by atoms with Crippen LogP contribution in [0, 0.1) is 0 Å². The van der Waals surface area contributed by atoms with Gasteiger partial charge in [-0.25, -0.2) is 9.67 Å². The van der Waals surface area contributed by atoms with Crippen molar-refractivity contribution in [2.24, 2.45) is 14.1 Å². The summed E-state index contributed by atoms with van der Waals surface area (Å²) < 4.78 is 5.58. The Kier molecular flexibility index (Phi) is 5.00. The molecule has 0 aliphatic rings. The number of para-hydroxylation sites is 1. The summed E-state index contributed by atoms with van der Waals surface area (Å²) >= 11 is 6.30. The van der Waals surface area contributed by atoms with Crippen molar-refractivity contribution in [2.45, 2.75) is 6.04 Å². The van der Waals surface area contributed by atoms with Crippen LogP contribution in [0.25, 0.3) is 33.1 Å². The zero-order valence-electron chi connectivity index (χ0n) is 19.1. The molecule has 7 nitrogen and oxygen atoms in total. The van der Waals surface area contributed by atoms with Crippen LogP contribution in [-0.2, 0) is 14.1 Å². The summed E-state index contributed by atoms with van der Waals surface area (Å²) in [6.45, 7) is 0. The molecular weight excluding hydrogens is 460 g/mol. The van der Waals surface area contributed by atoms with Crippen molar-refractivity contribution in [3.8, 4) is 11.1 Å². The van der Waals surface area contributed by atoms with E-state index in [9.17, 15) is 4.79 Å². The fourth-order valence-corrected chi connectivity index (χ4v) is 4.88. The second-order valence-corrected chi connectivity index (χ2v) is 9.03. The van der Waals surface area contributed by atoms with Gasteiger partial charge in [0.05, 0.1) is 29.3 Å². The molecule has 35 heavy (non-hydrogen) atoms. The van der Waals surface area contributed by atoms with E-state index in [0.717, 1.165) is 44.3 Å². The SMILES string of the molecule is Cn1cncc1C(c1ccc2c(c1)c(-c1cccc(Cl)c1)cc(=O)n2C)n1nnc2ccccc21. The molecule has 6 rings (SSSR count). The van der Waals surface area contributed by atoms with E-state index in [2.05, 4.69) is 21.4 Å². The second-order valence-electron chi connectivity index (χ2n) is 8.60. The van der Waals surface area contributed by atoms with Gasteiger partial charge in [0, 0.05) is 30.6 Å². The molecule has 3 aromatic carbocycles. The number of pyridine rings is 1. The quantitative estimate of drug-likeness (QED) is 0.357. The fourth-order valence-electron chi connectivity index (χ4n) is 4.69. The second kappa shape index (κ2) is 8.21. The number of hydrogen-bond donors (Lipinski definition) is 0. The van der Waals surface area contributed by atoms with Crippen molar-refractivity contribution in [1.29, 1.82) is 0 Å². The summed E-state index contributed by atoms with van der Waals surface area (Å²) in [4.78, 5) is 17.2. The van der Waals surface area contributed by atoms with Crippen molar-refractivity contribution in [3.63, 3.8) is 0 Å². The van der Waals surface area contributed by atoms with Crippen molar-refractivity contribution < 1.29 is 0 Å². The number of benzene rings is 3. The van der Waals surface area contributed by atoms with E-state index < -0.39 is 0 Å². The molecule has 0 amide bonds. The van der Waals surface area contributed by atoms with Crippen molar-refractivity contribution in [3.05, 3.63) is 112 Å². The van der Waals surface area contributed by atoms with Gasteiger partial charge in [0.25, 0.3) is 5.56 Å². The Morgan fingerprint density at radius 1 is 0.914 bits per heavy atom. The topological polar surface area (TPSA) is 70.5 Å². The number of imidazole rings is 1. The normalized spacial score (nSPS) is 12.4. The summed E-state index contributed by atoms with van der Waals surface area (Å²) in [6, 6.07) is 23.0. The maximum absolute atomic E-state index is 12.8. The first-order chi connectivity index (χ1) is 17.0.